The number of guanidine groups is 1. The molecule has 0 amide bonds. The van der Waals surface area contributed by atoms with Crippen LogP contribution in [-0.4, -0.2) is 32.8 Å². The SMILES string of the molecule is CN=C(NCc1cccc(Br)c1)NCc1ccc(C)cc1OCC1CCOC1.I. The van der Waals surface area contributed by atoms with Crippen molar-refractivity contribution in [3.8, 4) is 5.75 Å². The first-order valence-corrected chi connectivity index (χ1v) is 10.4. The van der Waals surface area contributed by atoms with Crippen molar-refractivity contribution in [2.75, 3.05) is 26.9 Å². The fraction of sp³-hybridized carbons (Fsp3) is 0.409. The highest BCUT2D eigenvalue weighted by Gasteiger charge is 2.17. The van der Waals surface area contributed by atoms with Crippen molar-refractivity contribution in [1.82, 2.24) is 10.6 Å². The molecule has 1 heterocycles. The molecule has 29 heavy (non-hydrogen) atoms. The van der Waals surface area contributed by atoms with Crippen LogP contribution in [-0.2, 0) is 17.8 Å². The normalized spacial score (nSPS) is 16.2. The minimum absolute atomic E-state index is 0. The van der Waals surface area contributed by atoms with Gasteiger partial charge in [-0.3, -0.25) is 4.99 Å². The molecule has 2 N–H and O–H groups in total. The van der Waals surface area contributed by atoms with E-state index in [2.05, 4.69) is 68.8 Å². The summed E-state index contributed by atoms with van der Waals surface area (Å²) >= 11 is 3.50. The molecular formula is C22H29BrIN3O2. The van der Waals surface area contributed by atoms with E-state index in [1.165, 1.54) is 11.1 Å². The highest BCUT2D eigenvalue weighted by Crippen LogP contribution is 2.22. The van der Waals surface area contributed by atoms with Gasteiger partial charge in [0, 0.05) is 42.7 Å². The molecule has 7 heteroatoms. The second-order valence-corrected chi connectivity index (χ2v) is 7.98. The summed E-state index contributed by atoms with van der Waals surface area (Å²) in [4.78, 5) is 4.32. The molecule has 1 fully saturated rings. The third-order valence-electron chi connectivity index (χ3n) is 4.74. The van der Waals surface area contributed by atoms with Gasteiger partial charge in [0.05, 0.1) is 13.2 Å². The fourth-order valence-corrected chi connectivity index (χ4v) is 3.54. The molecule has 1 atom stereocenters. The number of hydrogen-bond donors (Lipinski definition) is 2. The topological polar surface area (TPSA) is 54.9 Å². The molecule has 1 aliphatic rings. The fourth-order valence-electron chi connectivity index (χ4n) is 3.10. The Labute approximate surface area is 198 Å². The first kappa shape index (κ1) is 24.0. The Balaban J connectivity index is 0.00000300. The van der Waals surface area contributed by atoms with Crippen molar-refractivity contribution < 1.29 is 9.47 Å². The van der Waals surface area contributed by atoms with Gasteiger partial charge in [0.2, 0.25) is 0 Å². The summed E-state index contributed by atoms with van der Waals surface area (Å²) in [5.41, 5.74) is 3.50. The first-order chi connectivity index (χ1) is 13.6. The molecule has 3 rings (SSSR count). The Kier molecular flexibility index (Phi) is 10.2. The maximum Gasteiger partial charge on any atom is 0.191 e. The van der Waals surface area contributed by atoms with Gasteiger partial charge in [-0.25, -0.2) is 0 Å². The number of benzene rings is 2. The number of halogens is 2. The van der Waals surface area contributed by atoms with E-state index in [0.29, 0.717) is 25.6 Å². The number of nitrogens with one attached hydrogen (secondary N) is 2. The van der Waals surface area contributed by atoms with Gasteiger partial charge in [-0.15, -0.1) is 24.0 Å². The maximum atomic E-state index is 6.12. The molecule has 0 aliphatic carbocycles. The molecule has 1 aliphatic heterocycles. The lowest BCUT2D eigenvalue weighted by Crippen LogP contribution is -2.36. The Hall–Kier alpha value is -1.32. The smallest absolute Gasteiger partial charge is 0.191 e. The van der Waals surface area contributed by atoms with E-state index in [4.69, 9.17) is 9.47 Å². The average molecular weight is 574 g/mol. The molecule has 0 aromatic heterocycles. The molecule has 5 nitrogen and oxygen atoms in total. The van der Waals surface area contributed by atoms with Crippen LogP contribution >= 0.6 is 39.9 Å². The largest absolute Gasteiger partial charge is 0.493 e. The van der Waals surface area contributed by atoms with Crippen LogP contribution in [0.4, 0.5) is 0 Å². The molecule has 0 spiro atoms. The van der Waals surface area contributed by atoms with Gasteiger partial charge >= 0.3 is 0 Å². The Morgan fingerprint density at radius 3 is 2.76 bits per heavy atom. The van der Waals surface area contributed by atoms with Crippen molar-refractivity contribution >= 4 is 45.9 Å². The lowest BCUT2D eigenvalue weighted by Gasteiger charge is -2.17. The summed E-state index contributed by atoms with van der Waals surface area (Å²) in [5.74, 6) is 2.18. The maximum absolute atomic E-state index is 6.12. The number of ether oxygens (including phenoxy) is 2. The van der Waals surface area contributed by atoms with E-state index < -0.39 is 0 Å². The van der Waals surface area contributed by atoms with Crippen LogP contribution in [0.15, 0.2) is 51.9 Å². The molecule has 2 aromatic rings. The molecule has 2 aromatic carbocycles. The summed E-state index contributed by atoms with van der Waals surface area (Å²) in [6, 6.07) is 14.6. The van der Waals surface area contributed by atoms with E-state index in [1.807, 2.05) is 12.1 Å². The Morgan fingerprint density at radius 1 is 1.21 bits per heavy atom. The minimum Gasteiger partial charge on any atom is -0.493 e. The van der Waals surface area contributed by atoms with E-state index in [9.17, 15) is 0 Å². The monoisotopic (exact) mass is 573 g/mol. The molecule has 1 saturated heterocycles. The molecule has 158 valence electrons. The standard InChI is InChI=1S/C22H28BrN3O2.HI/c1-16-6-7-19(21(10-16)28-15-18-8-9-27-14-18)13-26-22(24-2)25-12-17-4-3-5-20(23)11-17;/h3-7,10-11,18H,8-9,12-15H2,1-2H3,(H2,24,25,26);1H. The summed E-state index contributed by atoms with van der Waals surface area (Å²) in [6.45, 7) is 5.78. The summed E-state index contributed by atoms with van der Waals surface area (Å²) in [7, 11) is 1.78. The lowest BCUT2D eigenvalue weighted by molar-refractivity contribution is 0.166. The van der Waals surface area contributed by atoms with Gasteiger partial charge in [-0.2, -0.15) is 0 Å². The van der Waals surface area contributed by atoms with Crippen LogP contribution < -0.4 is 15.4 Å². The predicted octanol–water partition coefficient (Wildman–Crippen LogP) is 4.66. The number of nitrogens with zero attached hydrogens (tertiary/aromatic N) is 1. The second kappa shape index (κ2) is 12.4. The number of aryl methyl sites for hydroxylation is 1. The van der Waals surface area contributed by atoms with Crippen LogP contribution in [0.2, 0.25) is 0 Å². The quantitative estimate of drug-likeness (QED) is 0.287. The van der Waals surface area contributed by atoms with Crippen LogP contribution in [0.25, 0.3) is 0 Å². The summed E-state index contributed by atoms with van der Waals surface area (Å²) in [6.07, 6.45) is 1.07. The third-order valence-corrected chi connectivity index (χ3v) is 5.23. The second-order valence-electron chi connectivity index (χ2n) is 7.06. The van der Waals surface area contributed by atoms with Crippen LogP contribution in [0.5, 0.6) is 5.75 Å². The van der Waals surface area contributed by atoms with E-state index in [1.54, 1.807) is 7.05 Å². The number of hydrogen-bond acceptors (Lipinski definition) is 3. The molecule has 0 saturated carbocycles. The molecular weight excluding hydrogens is 545 g/mol. The Bertz CT molecular complexity index is 810. The zero-order valence-corrected chi connectivity index (χ0v) is 20.8. The van der Waals surface area contributed by atoms with E-state index in [-0.39, 0.29) is 24.0 Å². The van der Waals surface area contributed by atoms with Gasteiger partial charge in [0.15, 0.2) is 5.96 Å². The van der Waals surface area contributed by atoms with Gasteiger partial charge in [-0.05, 0) is 42.7 Å². The van der Waals surface area contributed by atoms with E-state index in [0.717, 1.165) is 41.4 Å². The third kappa shape index (κ3) is 7.79. The number of aliphatic imine (C=N–C) groups is 1. The van der Waals surface area contributed by atoms with Crippen molar-refractivity contribution in [2.45, 2.75) is 26.4 Å². The number of rotatable bonds is 7. The Morgan fingerprint density at radius 2 is 2.03 bits per heavy atom. The van der Waals surface area contributed by atoms with Crippen molar-refractivity contribution in [3.05, 3.63) is 63.6 Å². The van der Waals surface area contributed by atoms with Gasteiger partial charge in [-0.1, -0.05) is 40.2 Å². The highest BCUT2D eigenvalue weighted by molar-refractivity contribution is 14.0. The van der Waals surface area contributed by atoms with E-state index >= 15 is 0 Å². The van der Waals surface area contributed by atoms with Crippen molar-refractivity contribution in [2.24, 2.45) is 10.9 Å². The predicted molar refractivity (Wildman–Crippen MR) is 132 cm³/mol. The van der Waals surface area contributed by atoms with Crippen molar-refractivity contribution in [3.63, 3.8) is 0 Å². The molecule has 1 unspecified atom stereocenters. The first-order valence-electron chi connectivity index (χ1n) is 9.63. The zero-order chi connectivity index (χ0) is 19.8. The molecule has 0 bridgehead atoms. The molecule has 0 radical (unpaired) electrons. The van der Waals surface area contributed by atoms with Gasteiger partial charge < -0.3 is 20.1 Å². The van der Waals surface area contributed by atoms with Gasteiger partial charge in [0.25, 0.3) is 0 Å². The minimum atomic E-state index is 0. The average Bonchev–Trinajstić information content (AvgIpc) is 3.21. The summed E-state index contributed by atoms with van der Waals surface area (Å²) < 4.78 is 12.6. The lowest BCUT2D eigenvalue weighted by atomic mass is 10.1. The zero-order valence-electron chi connectivity index (χ0n) is 16.9. The van der Waals surface area contributed by atoms with Gasteiger partial charge in [0.1, 0.15) is 5.75 Å². The van der Waals surface area contributed by atoms with Crippen LogP contribution in [0.1, 0.15) is 23.1 Å². The summed E-state index contributed by atoms with van der Waals surface area (Å²) in [5, 5.41) is 6.73. The van der Waals surface area contributed by atoms with Crippen LogP contribution in [0.3, 0.4) is 0 Å². The van der Waals surface area contributed by atoms with Crippen LogP contribution in [0, 0.1) is 12.8 Å². The van der Waals surface area contributed by atoms with Crippen molar-refractivity contribution in [1.29, 1.82) is 0 Å². The highest BCUT2D eigenvalue weighted by atomic mass is 127.